The van der Waals surface area contributed by atoms with E-state index in [4.69, 9.17) is 0 Å². The Balaban J connectivity index is 1.86. The molecule has 0 saturated carbocycles. The fraction of sp³-hybridized carbons (Fsp3) is 0.400. The zero-order valence-corrected chi connectivity index (χ0v) is 13.7. The Labute approximate surface area is 130 Å². The standard InChI is InChI=1S/C15H20N2O2S2/c1-2-3-11-21(18,19)16-10-9-15-17-14(12-20-15)13-7-5-4-6-8-13/h4-8,12,16H,2-3,9-11H2,1H3. The first-order valence-corrected chi connectivity index (χ1v) is 9.61. The number of unbranched alkanes of at least 4 members (excludes halogenated alkanes) is 1. The van der Waals surface area contributed by atoms with E-state index in [-0.39, 0.29) is 5.75 Å². The molecule has 1 aromatic carbocycles. The van der Waals surface area contributed by atoms with Gasteiger partial charge in [-0.1, -0.05) is 43.7 Å². The van der Waals surface area contributed by atoms with Crippen molar-refractivity contribution in [2.24, 2.45) is 0 Å². The number of thiazole rings is 1. The highest BCUT2D eigenvalue weighted by Gasteiger charge is 2.09. The molecule has 0 unspecified atom stereocenters. The third-order valence-corrected chi connectivity index (χ3v) is 5.43. The normalized spacial score (nSPS) is 11.7. The van der Waals surface area contributed by atoms with Crippen molar-refractivity contribution in [2.45, 2.75) is 26.2 Å². The molecule has 0 saturated heterocycles. The van der Waals surface area contributed by atoms with Crippen molar-refractivity contribution in [1.29, 1.82) is 0 Å². The van der Waals surface area contributed by atoms with Crippen molar-refractivity contribution >= 4 is 21.4 Å². The van der Waals surface area contributed by atoms with Crippen LogP contribution in [-0.4, -0.2) is 25.7 Å². The lowest BCUT2D eigenvalue weighted by atomic mass is 10.2. The van der Waals surface area contributed by atoms with E-state index in [1.165, 1.54) is 0 Å². The van der Waals surface area contributed by atoms with Gasteiger partial charge in [0.2, 0.25) is 10.0 Å². The highest BCUT2D eigenvalue weighted by molar-refractivity contribution is 7.89. The Hall–Kier alpha value is -1.24. The van der Waals surface area contributed by atoms with Crippen LogP contribution < -0.4 is 4.72 Å². The second kappa shape index (κ2) is 7.68. The summed E-state index contributed by atoms with van der Waals surface area (Å²) in [5.74, 6) is 0.205. The summed E-state index contributed by atoms with van der Waals surface area (Å²) >= 11 is 1.57. The van der Waals surface area contributed by atoms with Gasteiger partial charge in [0.15, 0.2) is 0 Å². The number of sulfonamides is 1. The van der Waals surface area contributed by atoms with Crippen molar-refractivity contribution in [3.8, 4) is 11.3 Å². The second-order valence-corrected chi connectivity index (χ2v) is 7.68. The van der Waals surface area contributed by atoms with Crippen LogP contribution >= 0.6 is 11.3 Å². The summed E-state index contributed by atoms with van der Waals surface area (Å²) in [6, 6.07) is 9.98. The van der Waals surface area contributed by atoms with E-state index in [1.807, 2.05) is 42.6 Å². The lowest BCUT2D eigenvalue weighted by Crippen LogP contribution is -2.28. The maximum Gasteiger partial charge on any atom is 0.211 e. The number of rotatable bonds is 8. The van der Waals surface area contributed by atoms with E-state index >= 15 is 0 Å². The number of nitrogens with zero attached hydrogens (tertiary/aromatic N) is 1. The van der Waals surface area contributed by atoms with Gasteiger partial charge in [-0.25, -0.2) is 18.1 Å². The molecule has 0 aliphatic heterocycles. The van der Waals surface area contributed by atoms with Gasteiger partial charge in [-0.05, 0) is 6.42 Å². The van der Waals surface area contributed by atoms with E-state index in [0.29, 0.717) is 19.4 Å². The van der Waals surface area contributed by atoms with Crippen LogP contribution in [-0.2, 0) is 16.4 Å². The van der Waals surface area contributed by atoms with Crippen molar-refractivity contribution in [3.63, 3.8) is 0 Å². The summed E-state index contributed by atoms with van der Waals surface area (Å²) in [6.45, 7) is 2.39. The van der Waals surface area contributed by atoms with Crippen molar-refractivity contribution in [2.75, 3.05) is 12.3 Å². The summed E-state index contributed by atoms with van der Waals surface area (Å²) in [6.07, 6.45) is 2.21. The molecule has 114 valence electrons. The average Bonchev–Trinajstić information content (AvgIpc) is 2.95. The van der Waals surface area contributed by atoms with Crippen LogP contribution in [0.2, 0.25) is 0 Å². The molecule has 0 aliphatic carbocycles. The Kier molecular flexibility index (Phi) is 5.90. The van der Waals surface area contributed by atoms with Gasteiger partial charge in [-0.3, -0.25) is 0 Å². The van der Waals surface area contributed by atoms with Crippen LogP contribution in [0.15, 0.2) is 35.7 Å². The first-order valence-electron chi connectivity index (χ1n) is 7.08. The number of benzene rings is 1. The highest BCUT2D eigenvalue weighted by Crippen LogP contribution is 2.21. The van der Waals surface area contributed by atoms with Gasteiger partial charge >= 0.3 is 0 Å². The molecule has 0 aliphatic rings. The largest absolute Gasteiger partial charge is 0.241 e. The van der Waals surface area contributed by atoms with Crippen LogP contribution in [0.4, 0.5) is 0 Å². The quantitative estimate of drug-likeness (QED) is 0.812. The maximum absolute atomic E-state index is 11.7. The van der Waals surface area contributed by atoms with Gasteiger partial charge in [0, 0.05) is 23.9 Å². The van der Waals surface area contributed by atoms with Crippen LogP contribution in [0.5, 0.6) is 0 Å². The van der Waals surface area contributed by atoms with Crippen molar-refractivity contribution in [1.82, 2.24) is 9.71 Å². The van der Waals surface area contributed by atoms with E-state index in [0.717, 1.165) is 22.7 Å². The molecule has 6 heteroatoms. The zero-order chi connectivity index (χ0) is 15.1. The fourth-order valence-corrected chi connectivity index (χ4v) is 3.92. The molecule has 2 aromatic rings. The van der Waals surface area contributed by atoms with Gasteiger partial charge in [0.25, 0.3) is 0 Å². The summed E-state index contributed by atoms with van der Waals surface area (Å²) in [5.41, 5.74) is 2.04. The predicted molar refractivity (Wildman–Crippen MR) is 88.0 cm³/mol. The van der Waals surface area contributed by atoms with Crippen molar-refractivity contribution in [3.05, 3.63) is 40.7 Å². The summed E-state index contributed by atoms with van der Waals surface area (Å²) < 4.78 is 26.0. The molecule has 0 radical (unpaired) electrons. The predicted octanol–water partition coefficient (Wildman–Crippen LogP) is 3.07. The minimum Gasteiger partial charge on any atom is -0.241 e. The molecule has 0 amide bonds. The topological polar surface area (TPSA) is 59.1 Å². The second-order valence-electron chi connectivity index (χ2n) is 4.81. The minimum absolute atomic E-state index is 0.205. The Morgan fingerprint density at radius 1 is 1.24 bits per heavy atom. The molecular weight excluding hydrogens is 304 g/mol. The van der Waals surface area contributed by atoms with Crippen molar-refractivity contribution < 1.29 is 8.42 Å². The van der Waals surface area contributed by atoms with Crippen LogP contribution in [0.1, 0.15) is 24.8 Å². The van der Waals surface area contributed by atoms with Gasteiger partial charge < -0.3 is 0 Å². The average molecular weight is 324 g/mol. The molecule has 1 aromatic heterocycles. The number of hydrogen-bond acceptors (Lipinski definition) is 4. The molecule has 1 heterocycles. The number of hydrogen-bond donors (Lipinski definition) is 1. The molecular formula is C15H20N2O2S2. The molecule has 21 heavy (non-hydrogen) atoms. The monoisotopic (exact) mass is 324 g/mol. The van der Waals surface area contributed by atoms with Gasteiger partial charge in [0.1, 0.15) is 0 Å². The van der Waals surface area contributed by atoms with E-state index < -0.39 is 10.0 Å². The summed E-state index contributed by atoms with van der Waals surface area (Å²) in [4.78, 5) is 4.55. The first kappa shape index (κ1) is 16.1. The van der Waals surface area contributed by atoms with Gasteiger partial charge in [-0.15, -0.1) is 11.3 Å². The minimum atomic E-state index is -3.13. The van der Waals surface area contributed by atoms with Crippen LogP contribution in [0.25, 0.3) is 11.3 Å². The van der Waals surface area contributed by atoms with E-state index in [9.17, 15) is 8.42 Å². The van der Waals surface area contributed by atoms with E-state index in [1.54, 1.807) is 11.3 Å². The lowest BCUT2D eigenvalue weighted by Gasteiger charge is -2.04. The molecule has 0 atom stereocenters. The molecule has 0 fully saturated rings. The third-order valence-electron chi connectivity index (χ3n) is 3.05. The summed E-state index contributed by atoms with van der Waals surface area (Å²) in [7, 11) is -3.13. The zero-order valence-electron chi connectivity index (χ0n) is 12.1. The van der Waals surface area contributed by atoms with Gasteiger partial charge in [-0.2, -0.15) is 0 Å². The highest BCUT2D eigenvalue weighted by atomic mass is 32.2. The van der Waals surface area contributed by atoms with E-state index in [2.05, 4.69) is 9.71 Å². The smallest absolute Gasteiger partial charge is 0.211 e. The molecule has 2 rings (SSSR count). The molecule has 0 spiro atoms. The van der Waals surface area contributed by atoms with Crippen LogP contribution in [0, 0.1) is 0 Å². The Morgan fingerprint density at radius 2 is 2.00 bits per heavy atom. The fourth-order valence-electron chi connectivity index (χ4n) is 1.89. The number of aromatic nitrogens is 1. The molecule has 0 bridgehead atoms. The van der Waals surface area contributed by atoms with Gasteiger partial charge in [0.05, 0.1) is 16.5 Å². The molecule has 1 N–H and O–H groups in total. The lowest BCUT2D eigenvalue weighted by molar-refractivity contribution is 0.578. The first-order chi connectivity index (χ1) is 10.1. The van der Waals surface area contributed by atoms with Crippen LogP contribution in [0.3, 0.4) is 0 Å². The maximum atomic E-state index is 11.7. The third kappa shape index (κ3) is 5.22. The summed E-state index contributed by atoms with van der Waals surface area (Å²) in [5, 5.41) is 2.96. The Morgan fingerprint density at radius 3 is 2.71 bits per heavy atom. The Bertz CT molecular complexity index is 651. The SMILES string of the molecule is CCCCS(=O)(=O)NCCc1nc(-c2ccccc2)cs1. The number of nitrogens with one attached hydrogen (secondary N) is 1. The molecule has 4 nitrogen and oxygen atoms in total.